The molecule has 10 heteroatoms. The molecule has 2 aromatic rings. The number of hydrogen-bond acceptors (Lipinski definition) is 5. The summed E-state index contributed by atoms with van der Waals surface area (Å²) in [4.78, 5) is 31.7. The summed E-state index contributed by atoms with van der Waals surface area (Å²) in [5.74, 6) is 0.143. The number of amides is 2. The number of carbonyl (C=O) groups excluding carboxylic acids is 1. The maximum Gasteiger partial charge on any atom is 0.494 e. The van der Waals surface area contributed by atoms with Gasteiger partial charge in [0.2, 0.25) is 5.91 Å². The van der Waals surface area contributed by atoms with Crippen LogP contribution >= 0.6 is 0 Å². The van der Waals surface area contributed by atoms with E-state index in [0.29, 0.717) is 5.82 Å². The van der Waals surface area contributed by atoms with Gasteiger partial charge < -0.3 is 30.0 Å². The zero-order valence-electron chi connectivity index (χ0n) is 20.6. The summed E-state index contributed by atoms with van der Waals surface area (Å²) in [6, 6.07) is 7.12. The van der Waals surface area contributed by atoms with Gasteiger partial charge in [-0.2, -0.15) is 0 Å². The number of carbonyl (C=O) groups is 2. The molecule has 2 aliphatic rings. The Morgan fingerprint density at radius 3 is 2.18 bits per heavy atom. The first-order valence-corrected chi connectivity index (χ1v) is 11.7. The predicted octanol–water partition coefficient (Wildman–Crippen LogP) is 2.77. The van der Waals surface area contributed by atoms with Crippen molar-refractivity contribution in [2.45, 2.75) is 77.2 Å². The lowest BCUT2D eigenvalue weighted by Crippen LogP contribution is -2.52. The van der Waals surface area contributed by atoms with Crippen molar-refractivity contribution in [3.8, 4) is 11.3 Å². The molecule has 9 nitrogen and oxygen atoms in total. The highest BCUT2D eigenvalue weighted by atomic mass is 16.7. The van der Waals surface area contributed by atoms with Gasteiger partial charge in [0.1, 0.15) is 11.9 Å². The zero-order chi connectivity index (χ0) is 24.9. The van der Waals surface area contributed by atoms with Crippen molar-refractivity contribution in [2.24, 2.45) is 5.92 Å². The molecule has 2 fully saturated rings. The summed E-state index contributed by atoms with van der Waals surface area (Å²) in [7, 11) is -0.422. The van der Waals surface area contributed by atoms with Crippen LogP contribution in [-0.2, 0) is 19.6 Å². The molecule has 182 valence electrons. The molecule has 0 spiro atoms. The first kappa shape index (κ1) is 24.3. The number of rotatable bonds is 7. The fourth-order valence-electron chi connectivity index (χ4n) is 4.04. The molecule has 1 aromatic heterocycles. The molecule has 1 saturated carbocycles. The molecule has 34 heavy (non-hydrogen) atoms. The molecule has 1 unspecified atom stereocenters. The fraction of sp³-hybridized carbons (Fsp3) is 0.542. The third kappa shape index (κ3) is 4.56. The van der Waals surface area contributed by atoms with Crippen molar-refractivity contribution in [1.29, 1.82) is 0 Å². The summed E-state index contributed by atoms with van der Waals surface area (Å²) in [5.41, 5.74) is 1.34. The summed E-state index contributed by atoms with van der Waals surface area (Å²) < 4.78 is 12.3. The SMILES string of the molecule is CC(C)C(NC(=O)O)C(=O)NC1(c2ncc(-c3ccc(B4OC(C)(C)C(C)(C)O4)cc3)[nH]2)CC1. The molecule has 0 radical (unpaired) electrons. The molecule has 1 aromatic carbocycles. The Hall–Kier alpha value is -2.85. The molecular formula is C24H33BN4O5. The van der Waals surface area contributed by atoms with Crippen LogP contribution in [0.1, 0.15) is 60.2 Å². The molecule has 1 atom stereocenters. The number of hydrogen-bond donors (Lipinski definition) is 4. The van der Waals surface area contributed by atoms with E-state index in [1.165, 1.54) is 0 Å². The van der Waals surface area contributed by atoms with Gasteiger partial charge >= 0.3 is 13.2 Å². The van der Waals surface area contributed by atoms with Crippen LogP contribution < -0.4 is 16.1 Å². The van der Waals surface area contributed by atoms with Gasteiger partial charge in [0.15, 0.2) is 0 Å². The van der Waals surface area contributed by atoms with Crippen LogP contribution in [0.3, 0.4) is 0 Å². The summed E-state index contributed by atoms with van der Waals surface area (Å²) >= 11 is 0. The van der Waals surface area contributed by atoms with Crippen LogP contribution in [0.5, 0.6) is 0 Å². The fourth-order valence-corrected chi connectivity index (χ4v) is 4.04. The minimum Gasteiger partial charge on any atom is -0.465 e. The maximum absolute atomic E-state index is 12.8. The first-order valence-electron chi connectivity index (χ1n) is 11.7. The van der Waals surface area contributed by atoms with Crippen LogP contribution in [0, 0.1) is 5.92 Å². The van der Waals surface area contributed by atoms with E-state index in [1.807, 2.05) is 52.0 Å². The Morgan fingerprint density at radius 2 is 1.68 bits per heavy atom. The molecule has 1 saturated heterocycles. The Bertz CT molecular complexity index is 1060. The van der Waals surface area contributed by atoms with Crippen molar-refractivity contribution >= 4 is 24.6 Å². The van der Waals surface area contributed by atoms with E-state index in [4.69, 9.17) is 14.4 Å². The van der Waals surface area contributed by atoms with E-state index in [-0.39, 0.29) is 11.8 Å². The number of H-pyrrole nitrogens is 1. The minimum atomic E-state index is -1.22. The second-order valence-electron chi connectivity index (χ2n) is 10.6. The molecule has 2 heterocycles. The third-order valence-electron chi connectivity index (χ3n) is 7.12. The van der Waals surface area contributed by atoms with Gasteiger partial charge in [-0.3, -0.25) is 4.79 Å². The lowest BCUT2D eigenvalue weighted by molar-refractivity contribution is -0.125. The average molecular weight is 468 g/mol. The van der Waals surface area contributed by atoms with Gasteiger partial charge in [-0.25, -0.2) is 9.78 Å². The lowest BCUT2D eigenvalue weighted by Gasteiger charge is -2.32. The van der Waals surface area contributed by atoms with E-state index in [9.17, 15) is 9.59 Å². The molecule has 1 aliphatic heterocycles. The largest absolute Gasteiger partial charge is 0.494 e. The van der Waals surface area contributed by atoms with Gasteiger partial charge in [-0.15, -0.1) is 0 Å². The van der Waals surface area contributed by atoms with Crippen molar-refractivity contribution < 1.29 is 24.0 Å². The van der Waals surface area contributed by atoms with Gasteiger partial charge in [-0.1, -0.05) is 38.1 Å². The van der Waals surface area contributed by atoms with Crippen molar-refractivity contribution in [3.05, 3.63) is 36.3 Å². The molecule has 0 bridgehead atoms. The van der Waals surface area contributed by atoms with Crippen molar-refractivity contribution in [3.63, 3.8) is 0 Å². The summed E-state index contributed by atoms with van der Waals surface area (Å²) in [6.45, 7) is 11.7. The summed E-state index contributed by atoms with van der Waals surface area (Å²) in [5, 5.41) is 14.4. The van der Waals surface area contributed by atoms with E-state index >= 15 is 0 Å². The van der Waals surface area contributed by atoms with Crippen molar-refractivity contribution in [2.75, 3.05) is 0 Å². The maximum atomic E-state index is 12.8. The van der Waals surface area contributed by atoms with Crippen molar-refractivity contribution in [1.82, 2.24) is 20.6 Å². The Morgan fingerprint density at radius 1 is 1.09 bits per heavy atom. The number of carboxylic acid groups (broad SMARTS) is 1. The van der Waals surface area contributed by atoms with Gasteiger partial charge in [0, 0.05) is 0 Å². The Kier molecular flexibility index (Phi) is 6.02. The molecule has 4 N–H and O–H groups in total. The molecule has 4 rings (SSSR count). The number of aromatic nitrogens is 2. The van der Waals surface area contributed by atoms with E-state index in [2.05, 4.69) is 20.6 Å². The topological polar surface area (TPSA) is 126 Å². The molecular weight excluding hydrogens is 435 g/mol. The van der Waals surface area contributed by atoms with Gasteiger partial charge in [-0.05, 0) is 57.5 Å². The van der Waals surface area contributed by atoms with Crippen LogP contribution in [0.2, 0.25) is 0 Å². The normalized spacial score (nSPS) is 20.7. The molecule has 2 amide bonds. The molecule has 1 aliphatic carbocycles. The van der Waals surface area contributed by atoms with E-state index in [1.54, 1.807) is 20.0 Å². The third-order valence-corrected chi connectivity index (χ3v) is 7.12. The average Bonchev–Trinajstić information content (AvgIpc) is 3.26. The number of aromatic amines is 1. The predicted molar refractivity (Wildman–Crippen MR) is 129 cm³/mol. The number of nitrogens with one attached hydrogen (secondary N) is 3. The van der Waals surface area contributed by atoms with Crippen LogP contribution in [0.15, 0.2) is 30.5 Å². The monoisotopic (exact) mass is 468 g/mol. The highest BCUT2D eigenvalue weighted by Gasteiger charge is 2.52. The van der Waals surface area contributed by atoms with Crippen LogP contribution in [-0.4, -0.2) is 51.4 Å². The highest BCUT2D eigenvalue weighted by Crippen LogP contribution is 2.44. The first-order chi connectivity index (χ1) is 15.8. The Balaban J connectivity index is 1.46. The van der Waals surface area contributed by atoms with E-state index in [0.717, 1.165) is 29.6 Å². The number of benzene rings is 1. The number of nitrogens with zero attached hydrogens (tertiary/aromatic N) is 1. The summed E-state index contributed by atoms with van der Waals surface area (Å²) in [6.07, 6.45) is 2.01. The standard InChI is InChI=1S/C24H33BN4O5/c1-14(2)18(28-21(31)32)19(30)29-24(11-12-24)20-26-13-17(27-20)15-7-9-16(10-8-15)25-33-22(3,4)23(5,6)34-25/h7-10,13-14,18,28H,11-12H2,1-6H3,(H,26,27)(H,29,30)(H,31,32). The quantitative estimate of drug-likeness (QED) is 0.463. The highest BCUT2D eigenvalue weighted by molar-refractivity contribution is 6.62. The minimum absolute atomic E-state index is 0.179. The number of imidazole rings is 1. The Labute approximate surface area is 200 Å². The second kappa shape index (κ2) is 8.43. The van der Waals surface area contributed by atoms with Gasteiger partial charge in [0.05, 0.1) is 28.6 Å². The second-order valence-corrected chi connectivity index (χ2v) is 10.6. The van der Waals surface area contributed by atoms with Crippen LogP contribution in [0.4, 0.5) is 4.79 Å². The van der Waals surface area contributed by atoms with E-state index < -0.39 is 36.0 Å². The van der Waals surface area contributed by atoms with Gasteiger partial charge in [0.25, 0.3) is 0 Å². The smallest absolute Gasteiger partial charge is 0.465 e. The lowest BCUT2D eigenvalue weighted by atomic mass is 9.79. The van der Waals surface area contributed by atoms with Crippen LogP contribution in [0.25, 0.3) is 11.3 Å². The zero-order valence-corrected chi connectivity index (χ0v) is 20.6.